The Morgan fingerprint density at radius 2 is 2.08 bits per heavy atom. The first-order chi connectivity index (χ1) is 12.1. The van der Waals surface area contributed by atoms with Crippen molar-refractivity contribution < 1.29 is 9.53 Å². The first-order valence-electron chi connectivity index (χ1n) is 8.87. The number of benzene rings is 1. The number of carbonyl (C=O) groups is 1. The van der Waals surface area contributed by atoms with Crippen molar-refractivity contribution in [2.24, 2.45) is 5.92 Å². The maximum atomic E-state index is 12.8. The molecular weight excluding hydrogens is 312 g/mol. The molecule has 0 N–H and O–H groups in total. The van der Waals surface area contributed by atoms with Gasteiger partial charge in [0.2, 0.25) is 0 Å². The molecule has 3 rings (SSSR count). The maximum Gasteiger partial charge on any atom is 0.272 e. The van der Waals surface area contributed by atoms with Gasteiger partial charge >= 0.3 is 0 Å². The largest absolute Gasteiger partial charge is 0.381 e. The molecule has 0 spiro atoms. The third-order valence-electron chi connectivity index (χ3n) is 4.97. The lowest BCUT2D eigenvalue weighted by Gasteiger charge is -2.38. The van der Waals surface area contributed by atoms with Gasteiger partial charge in [0.15, 0.2) is 0 Å². The third kappa shape index (κ3) is 4.26. The van der Waals surface area contributed by atoms with Crippen LogP contribution >= 0.6 is 0 Å². The second-order valence-electron chi connectivity index (χ2n) is 6.99. The number of methoxy groups -OCH3 is 1. The molecule has 1 fully saturated rings. The minimum Gasteiger partial charge on any atom is -0.381 e. The highest BCUT2D eigenvalue weighted by Crippen LogP contribution is 2.25. The molecule has 0 unspecified atom stereocenters. The topological polar surface area (TPSA) is 42.4 Å². The van der Waals surface area contributed by atoms with E-state index in [4.69, 9.17) is 4.74 Å². The number of nitrogens with zero attached hydrogens (tertiary/aromatic N) is 2. The highest BCUT2D eigenvalue weighted by molar-refractivity contribution is 5.92. The number of amides is 1. The maximum absolute atomic E-state index is 12.8. The van der Waals surface area contributed by atoms with Crippen molar-refractivity contribution in [3.8, 4) is 0 Å². The van der Waals surface area contributed by atoms with Crippen molar-refractivity contribution in [3.05, 3.63) is 65.0 Å². The molecule has 1 amide bonds. The van der Waals surface area contributed by atoms with Crippen LogP contribution in [0.1, 0.15) is 33.6 Å². The van der Waals surface area contributed by atoms with E-state index in [-0.39, 0.29) is 12.0 Å². The van der Waals surface area contributed by atoms with E-state index in [0.717, 1.165) is 24.9 Å². The predicted octanol–water partition coefficient (Wildman–Crippen LogP) is 3.42. The van der Waals surface area contributed by atoms with E-state index in [2.05, 4.69) is 36.2 Å². The van der Waals surface area contributed by atoms with Gasteiger partial charge in [-0.05, 0) is 43.9 Å². The minimum atomic E-state index is 0.0174. The molecule has 0 bridgehead atoms. The number of piperidine rings is 1. The summed E-state index contributed by atoms with van der Waals surface area (Å²) in [5.74, 6) is 0.318. The van der Waals surface area contributed by atoms with E-state index in [1.54, 1.807) is 13.3 Å². The Hall–Kier alpha value is -2.20. The van der Waals surface area contributed by atoms with Crippen LogP contribution in [-0.4, -0.2) is 42.1 Å². The first kappa shape index (κ1) is 17.6. The SMILES string of the molecule is CO[C@@H]1CCN(C(=O)c2ccc(C)cn2)C[C@H]1Cc1cccc(C)c1. The molecule has 4 heteroatoms. The number of aryl methyl sites for hydroxylation is 2. The molecule has 0 saturated carbocycles. The van der Waals surface area contributed by atoms with Crippen LogP contribution in [0.5, 0.6) is 0 Å². The Morgan fingerprint density at radius 3 is 2.76 bits per heavy atom. The quantitative estimate of drug-likeness (QED) is 0.858. The lowest BCUT2D eigenvalue weighted by atomic mass is 9.88. The predicted molar refractivity (Wildman–Crippen MR) is 98.7 cm³/mol. The highest BCUT2D eigenvalue weighted by Gasteiger charge is 2.32. The standard InChI is InChI=1S/C21H26N2O2/c1-15-5-4-6-17(11-15)12-18-14-23(10-9-20(18)25-3)21(24)19-8-7-16(2)13-22-19/h4-8,11,13,18,20H,9-10,12,14H2,1-3H3/t18-,20-/m1/s1. The number of hydrogen-bond acceptors (Lipinski definition) is 3. The van der Waals surface area contributed by atoms with Crippen LogP contribution < -0.4 is 0 Å². The molecule has 1 saturated heterocycles. The molecule has 2 aromatic rings. The first-order valence-corrected chi connectivity index (χ1v) is 8.87. The second-order valence-corrected chi connectivity index (χ2v) is 6.99. The Kier molecular flexibility index (Phi) is 5.49. The molecule has 0 radical (unpaired) electrons. The summed E-state index contributed by atoms with van der Waals surface area (Å²) < 4.78 is 5.70. The number of pyridine rings is 1. The van der Waals surface area contributed by atoms with E-state index < -0.39 is 0 Å². The Morgan fingerprint density at radius 1 is 1.24 bits per heavy atom. The zero-order valence-corrected chi connectivity index (χ0v) is 15.2. The van der Waals surface area contributed by atoms with Gasteiger partial charge in [-0.2, -0.15) is 0 Å². The molecule has 1 aliphatic rings. The van der Waals surface area contributed by atoms with Gasteiger partial charge in [0.05, 0.1) is 6.10 Å². The van der Waals surface area contributed by atoms with Crippen LogP contribution in [-0.2, 0) is 11.2 Å². The molecule has 0 aliphatic carbocycles. The fraction of sp³-hybridized carbons (Fsp3) is 0.429. The van der Waals surface area contributed by atoms with Crippen LogP contribution in [0, 0.1) is 19.8 Å². The molecule has 1 aromatic carbocycles. The van der Waals surface area contributed by atoms with Crippen molar-refractivity contribution >= 4 is 5.91 Å². The summed E-state index contributed by atoms with van der Waals surface area (Å²) in [7, 11) is 1.77. The van der Waals surface area contributed by atoms with Crippen LogP contribution in [0.25, 0.3) is 0 Å². The molecule has 1 aliphatic heterocycles. The van der Waals surface area contributed by atoms with Gasteiger partial charge in [0.1, 0.15) is 5.69 Å². The fourth-order valence-corrected chi connectivity index (χ4v) is 3.60. The summed E-state index contributed by atoms with van der Waals surface area (Å²) in [6, 6.07) is 12.3. The van der Waals surface area contributed by atoms with E-state index in [0.29, 0.717) is 18.2 Å². The van der Waals surface area contributed by atoms with Crippen molar-refractivity contribution in [1.29, 1.82) is 0 Å². The summed E-state index contributed by atoms with van der Waals surface area (Å²) in [6.07, 6.45) is 3.73. The number of hydrogen-bond donors (Lipinski definition) is 0. The van der Waals surface area contributed by atoms with Crippen LogP contribution in [0.4, 0.5) is 0 Å². The summed E-state index contributed by atoms with van der Waals surface area (Å²) >= 11 is 0. The van der Waals surface area contributed by atoms with Crippen molar-refractivity contribution in [2.45, 2.75) is 32.8 Å². The molecule has 25 heavy (non-hydrogen) atoms. The number of carbonyl (C=O) groups excluding carboxylic acids is 1. The van der Waals surface area contributed by atoms with Crippen LogP contribution in [0.2, 0.25) is 0 Å². The van der Waals surface area contributed by atoms with E-state index in [9.17, 15) is 4.79 Å². The fourth-order valence-electron chi connectivity index (χ4n) is 3.60. The van der Waals surface area contributed by atoms with Gasteiger partial charge in [0, 0.05) is 32.3 Å². The third-order valence-corrected chi connectivity index (χ3v) is 4.97. The minimum absolute atomic E-state index is 0.0174. The van der Waals surface area contributed by atoms with E-state index in [1.165, 1.54) is 11.1 Å². The number of rotatable bonds is 4. The van der Waals surface area contributed by atoms with E-state index in [1.807, 2.05) is 24.0 Å². The van der Waals surface area contributed by atoms with Crippen molar-refractivity contribution in [3.63, 3.8) is 0 Å². The number of likely N-dealkylation sites (tertiary alicyclic amines) is 1. The molecule has 4 nitrogen and oxygen atoms in total. The monoisotopic (exact) mass is 338 g/mol. The number of ether oxygens (including phenoxy) is 1. The second kappa shape index (κ2) is 7.79. The van der Waals surface area contributed by atoms with Gasteiger partial charge in [-0.25, -0.2) is 0 Å². The zero-order valence-electron chi connectivity index (χ0n) is 15.2. The number of aromatic nitrogens is 1. The molecule has 2 heterocycles. The molecule has 132 valence electrons. The van der Waals surface area contributed by atoms with Gasteiger partial charge < -0.3 is 9.64 Å². The van der Waals surface area contributed by atoms with Crippen LogP contribution in [0.3, 0.4) is 0 Å². The van der Waals surface area contributed by atoms with Gasteiger partial charge in [-0.1, -0.05) is 35.9 Å². The smallest absolute Gasteiger partial charge is 0.272 e. The lowest BCUT2D eigenvalue weighted by molar-refractivity contribution is -0.00317. The van der Waals surface area contributed by atoms with Gasteiger partial charge in [-0.15, -0.1) is 0 Å². The average Bonchev–Trinajstić information content (AvgIpc) is 2.62. The summed E-state index contributed by atoms with van der Waals surface area (Å²) in [5.41, 5.74) is 4.15. The highest BCUT2D eigenvalue weighted by atomic mass is 16.5. The van der Waals surface area contributed by atoms with Crippen LogP contribution in [0.15, 0.2) is 42.6 Å². The summed E-state index contributed by atoms with van der Waals surface area (Å²) in [6.45, 7) is 5.51. The Balaban J connectivity index is 1.73. The van der Waals surface area contributed by atoms with Crippen molar-refractivity contribution in [2.75, 3.05) is 20.2 Å². The molecule has 2 atom stereocenters. The zero-order chi connectivity index (χ0) is 17.8. The Labute approximate surface area is 149 Å². The van der Waals surface area contributed by atoms with Crippen molar-refractivity contribution in [1.82, 2.24) is 9.88 Å². The Bertz CT molecular complexity index is 727. The normalized spacial score (nSPS) is 20.5. The summed E-state index contributed by atoms with van der Waals surface area (Å²) in [4.78, 5) is 19.0. The van der Waals surface area contributed by atoms with Gasteiger partial charge in [-0.3, -0.25) is 9.78 Å². The average molecular weight is 338 g/mol. The van der Waals surface area contributed by atoms with Gasteiger partial charge in [0.25, 0.3) is 5.91 Å². The molecule has 1 aromatic heterocycles. The van der Waals surface area contributed by atoms with E-state index >= 15 is 0 Å². The summed E-state index contributed by atoms with van der Waals surface area (Å²) in [5, 5.41) is 0. The lowest BCUT2D eigenvalue weighted by Crippen LogP contribution is -2.47. The molecular formula is C21H26N2O2.